The van der Waals surface area contributed by atoms with Gasteiger partial charge in [-0.15, -0.1) is 0 Å². The van der Waals surface area contributed by atoms with Gasteiger partial charge in [0.15, 0.2) is 5.96 Å². The molecule has 0 bridgehead atoms. The van der Waals surface area contributed by atoms with Gasteiger partial charge in [-0.3, -0.25) is 4.99 Å². The quantitative estimate of drug-likeness (QED) is 0.370. The largest absolute Gasteiger partial charge is 0.379 e. The zero-order chi connectivity index (χ0) is 12.9. The minimum atomic E-state index is 0.599. The average molecular weight is 243 g/mol. The maximum Gasteiger partial charge on any atom is 0.191 e. The molecule has 0 aliphatic heterocycles. The number of guanidine groups is 1. The summed E-state index contributed by atoms with van der Waals surface area (Å²) in [6.07, 6.45) is 2.32. The van der Waals surface area contributed by atoms with E-state index in [-0.39, 0.29) is 0 Å². The average Bonchev–Trinajstić information content (AvgIpc) is 2.28. The van der Waals surface area contributed by atoms with Crippen molar-refractivity contribution in [1.82, 2.24) is 10.6 Å². The summed E-state index contributed by atoms with van der Waals surface area (Å²) in [7, 11) is 0. The topological polar surface area (TPSA) is 45.7 Å². The van der Waals surface area contributed by atoms with Crippen molar-refractivity contribution in [3.05, 3.63) is 0 Å². The molecule has 0 atom stereocenters. The third-order valence-electron chi connectivity index (χ3n) is 2.12. The van der Waals surface area contributed by atoms with Crippen LogP contribution < -0.4 is 10.6 Å². The molecule has 0 spiro atoms. The fourth-order valence-electron chi connectivity index (χ4n) is 1.25. The predicted molar refractivity (Wildman–Crippen MR) is 74.5 cm³/mol. The van der Waals surface area contributed by atoms with Crippen LogP contribution in [0.4, 0.5) is 0 Å². The first kappa shape index (κ1) is 16.2. The van der Waals surface area contributed by atoms with E-state index >= 15 is 0 Å². The molecular formula is C13H29N3O. The molecule has 0 radical (unpaired) electrons. The molecule has 0 aromatic carbocycles. The van der Waals surface area contributed by atoms with Crippen LogP contribution in [-0.2, 0) is 4.74 Å². The van der Waals surface area contributed by atoms with Crippen molar-refractivity contribution in [2.45, 2.75) is 40.5 Å². The smallest absolute Gasteiger partial charge is 0.191 e. The van der Waals surface area contributed by atoms with Crippen molar-refractivity contribution in [3.8, 4) is 0 Å². The Labute approximate surface area is 106 Å². The van der Waals surface area contributed by atoms with Crippen LogP contribution in [0.5, 0.6) is 0 Å². The summed E-state index contributed by atoms with van der Waals surface area (Å²) in [4.78, 5) is 4.47. The molecule has 102 valence electrons. The van der Waals surface area contributed by atoms with Crippen molar-refractivity contribution >= 4 is 5.96 Å². The van der Waals surface area contributed by atoms with E-state index < -0.39 is 0 Å². The summed E-state index contributed by atoms with van der Waals surface area (Å²) in [5.41, 5.74) is 0. The van der Waals surface area contributed by atoms with Gasteiger partial charge in [0, 0.05) is 26.2 Å². The lowest BCUT2D eigenvalue weighted by atomic mass is 10.2. The van der Waals surface area contributed by atoms with Crippen LogP contribution in [0.2, 0.25) is 0 Å². The van der Waals surface area contributed by atoms with E-state index in [9.17, 15) is 0 Å². The van der Waals surface area contributed by atoms with Crippen LogP contribution in [-0.4, -0.2) is 38.8 Å². The Morgan fingerprint density at radius 3 is 2.59 bits per heavy atom. The second kappa shape index (κ2) is 11.7. The molecular weight excluding hydrogens is 214 g/mol. The van der Waals surface area contributed by atoms with Crippen molar-refractivity contribution < 1.29 is 4.74 Å². The van der Waals surface area contributed by atoms with Gasteiger partial charge >= 0.3 is 0 Å². The van der Waals surface area contributed by atoms with E-state index in [1.807, 2.05) is 0 Å². The molecule has 17 heavy (non-hydrogen) atoms. The molecule has 0 aromatic rings. The lowest BCUT2D eigenvalue weighted by Crippen LogP contribution is -2.39. The van der Waals surface area contributed by atoms with Crippen LogP contribution in [0.25, 0.3) is 0 Å². The second-order valence-electron chi connectivity index (χ2n) is 4.51. The van der Waals surface area contributed by atoms with E-state index in [2.05, 4.69) is 43.3 Å². The zero-order valence-electron chi connectivity index (χ0n) is 11.9. The molecule has 0 amide bonds. The molecule has 0 fully saturated rings. The summed E-state index contributed by atoms with van der Waals surface area (Å²) in [5, 5.41) is 6.49. The number of hydrogen-bond acceptors (Lipinski definition) is 2. The van der Waals surface area contributed by atoms with Crippen LogP contribution >= 0.6 is 0 Å². The summed E-state index contributed by atoms with van der Waals surface area (Å²) in [6.45, 7) is 12.7. The summed E-state index contributed by atoms with van der Waals surface area (Å²) in [5.74, 6) is 1.50. The van der Waals surface area contributed by atoms with Crippen molar-refractivity contribution in [2.24, 2.45) is 10.9 Å². The highest BCUT2D eigenvalue weighted by Gasteiger charge is 1.97. The molecule has 0 aromatic heterocycles. The molecule has 4 nitrogen and oxygen atoms in total. The van der Waals surface area contributed by atoms with Gasteiger partial charge in [-0.25, -0.2) is 0 Å². The van der Waals surface area contributed by atoms with Gasteiger partial charge in [0.05, 0.1) is 6.61 Å². The number of rotatable bonds is 9. The molecule has 0 aliphatic rings. The maximum absolute atomic E-state index is 5.50. The highest BCUT2D eigenvalue weighted by Crippen LogP contribution is 1.91. The van der Waals surface area contributed by atoms with E-state index in [0.717, 1.165) is 45.2 Å². The second-order valence-corrected chi connectivity index (χ2v) is 4.51. The van der Waals surface area contributed by atoms with Gasteiger partial charge in [-0.2, -0.15) is 0 Å². The first-order chi connectivity index (χ1) is 8.20. The standard InChI is InChI=1S/C13H29N3O/c1-5-7-8-15-13(14-6-2)16-9-10-17-11-12(3)4/h12H,5-11H2,1-4H3,(H2,14,15,16). The van der Waals surface area contributed by atoms with Gasteiger partial charge in [-0.05, 0) is 19.3 Å². The Hall–Kier alpha value is -0.770. The number of hydrogen-bond donors (Lipinski definition) is 2. The van der Waals surface area contributed by atoms with E-state index in [1.165, 1.54) is 6.42 Å². The van der Waals surface area contributed by atoms with E-state index in [0.29, 0.717) is 5.92 Å². The minimum Gasteiger partial charge on any atom is -0.379 e. The fraction of sp³-hybridized carbons (Fsp3) is 0.923. The van der Waals surface area contributed by atoms with Crippen molar-refractivity contribution in [2.75, 3.05) is 32.8 Å². The third kappa shape index (κ3) is 11.5. The molecule has 4 heteroatoms. The Morgan fingerprint density at radius 2 is 2.00 bits per heavy atom. The van der Waals surface area contributed by atoms with Gasteiger partial charge in [0.2, 0.25) is 0 Å². The monoisotopic (exact) mass is 243 g/mol. The number of unbranched alkanes of at least 4 members (excludes halogenated alkanes) is 1. The van der Waals surface area contributed by atoms with Crippen LogP contribution in [0.1, 0.15) is 40.5 Å². The summed E-state index contributed by atoms with van der Waals surface area (Å²) in [6, 6.07) is 0. The summed E-state index contributed by atoms with van der Waals surface area (Å²) >= 11 is 0. The van der Waals surface area contributed by atoms with Crippen LogP contribution in [0.15, 0.2) is 4.99 Å². The van der Waals surface area contributed by atoms with E-state index in [1.54, 1.807) is 0 Å². The molecule has 0 rings (SSSR count). The van der Waals surface area contributed by atoms with Gasteiger partial charge in [0.1, 0.15) is 0 Å². The van der Waals surface area contributed by atoms with E-state index in [4.69, 9.17) is 4.74 Å². The number of nitrogens with zero attached hydrogens (tertiary/aromatic N) is 1. The lowest BCUT2D eigenvalue weighted by molar-refractivity contribution is 0.114. The fourth-order valence-corrected chi connectivity index (χ4v) is 1.25. The normalized spacial score (nSPS) is 11.9. The van der Waals surface area contributed by atoms with Crippen LogP contribution in [0.3, 0.4) is 0 Å². The highest BCUT2D eigenvalue weighted by molar-refractivity contribution is 5.79. The van der Waals surface area contributed by atoms with Gasteiger partial charge in [-0.1, -0.05) is 27.2 Å². The number of aliphatic imine (C=N–C) groups is 1. The first-order valence-electron chi connectivity index (χ1n) is 6.80. The maximum atomic E-state index is 5.50. The zero-order valence-corrected chi connectivity index (χ0v) is 11.9. The number of nitrogens with one attached hydrogen (secondary N) is 2. The minimum absolute atomic E-state index is 0.599. The van der Waals surface area contributed by atoms with Crippen molar-refractivity contribution in [1.29, 1.82) is 0 Å². The SMILES string of the molecule is CCCCN=C(NCC)NCCOCC(C)C. The molecule has 2 N–H and O–H groups in total. The highest BCUT2D eigenvalue weighted by atomic mass is 16.5. The Kier molecular flexibility index (Phi) is 11.2. The first-order valence-corrected chi connectivity index (χ1v) is 6.80. The van der Waals surface area contributed by atoms with Gasteiger partial charge in [0.25, 0.3) is 0 Å². The molecule has 0 aliphatic carbocycles. The molecule has 0 saturated carbocycles. The molecule has 0 saturated heterocycles. The predicted octanol–water partition coefficient (Wildman–Crippen LogP) is 2.01. The number of ether oxygens (including phenoxy) is 1. The third-order valence-corrected chi connectivity index (χ3v) is 2.12. The molecule has 0 heterocycles. The molecule has 0 unspecified atom stereocenters. The van der Waals surface area contributed by atoms with Crippen LogP contribution in [0, 0.1) is 5.92 Å². The lowest BCUT2D eigenvalue weighted by Gasteiger charge is -2.12. The van der Waals surface area contributed by atoms with Gasteiger partial charge < -0.3 is 15.4 Å². The Morgan fingerprint density at radius 1 is 1.24 bits per heavy atom. The Bertz CT molecular complexity index is 193. The Balaban J connectivity index is 3.65. The van der Waals surface area contributed by atoms with Crippen molar-refractivity contribution in [3.63, 3.8) is 0 Å². The summed E-state index contributed by atoms with van der Waals surface area (Å²) < 4.78 is 5.50.